The summed E-state index contributed by atoms with van der Waals surface area (Å²) < 4.78 is 14.3. The molecule has 0 aliphatic carbocycles. The highest BCUT2D eigenvalue weighted by Crippen LogP contribution is 2.46. The van der Waals surface area contributed by atoms with Crippen LogP contribution in [0.2, 0.25) is 0 Å². The first-order chi connectivity index (χ1) is 46.6. The Morgan fingerprint density at radius 3 is 0.723 bits per heavy atom. The van der Waals surface area contributed by atoms with Gasteiger partial charge in [-0.05, 0) is 139 Å². The van der Waals surface area contributed by atoms with Crippen molar-refractivity contribution >= 4 is 131 Å². The molecular formula is C85H49N9. The highest BCUT2D eigenvalue weighted by molar-refractivity contribution is 6.17. The van der Waals surface area contributed by atoms with Crippen LogP contribution in [0.4, 0.5) is 0 Å². The molecule has 0 amide bonds. The third-order valence-corrected chi connectivity index (χ3v) is 19.8. The second kappa shape index (κ2) is 19.6. The topological polar surface area (TPSA) is 90.0 Å². The summed E-state index contributed by atoms with van der Waals surface area (Å²) in [7, 11) is 0. The van der Waals surface area contributed by atoms with Gasteiger partial charge in [-0.3, -0.25) is 4.98 Å². The van der Waals surface area contributed by atoms with Crippen LogP contribution in [0.25, 0.3) is 176 Å². The Kier molecular flexibility index (Phi) is 10.8. The van der Waals surface area contributed by atoms with Crippen molar-refractivity contribution in [2.45, 2.75) is 0 Å². The molecule has 9 nitrogen and oxygen atoms in total. The summed E-state index contributed by atoms with van der Waals surface area (Å²) in [5.41, 5.74) is 20.9. The number of hydrogen-bond donors (Lipinski definition) is 0. The van der Waals surface area contributed by atoms with E-state index in [0.29, 0.717) is 5.56 Å². The van der Waals surface area contributed by atoms with Crippen LogP contribution in [0.1, 0.15) is 11.1 Å². The van der Waals surface area contributed by atoms with Crippen molar-refractivity contribution < 1.29 is 0 Å². The average molecular weight is 1200 g/mol. The van der Waals surface area contributed by atoms with Gasteiger partial charge in [0.15, 0.2) is 0 Å². The van der Waals surface area contributed by atoms with Crippen LogP contribution in [0.15, 0.2) is 298 Å². The second-order valence-electron chi connectivity index (χ2n) is 24.5. The molecule has 0 unspecified atom stereocenters. The van der Waals surface area contributed by atoms with Crippen molar-refractivity contribution in [3.63, 3.8) is 0 Å². The molecule has 434 valence electrons. The fraction of sp³-hybridized carbons (Fsp3) is 0. The lowest BCUT2D eigenvalue weighted by Gasteiger charge is -2.20. The van der Waals surface area contributed by atoms with Crippen LogP contribution >= 0.6 is 0 Å². The van der Waals surface area contributed by atoms with Crippen LogP contribution in [0, 0.1) is 22.7 Å². The SMILES string of the molecule is N#Cc1ccc(-c2c(-n3c4ccc(-n5c6ccccc6c6ccccc65)cc4c4cc(-n5c6ccccc6c6ccccc65)ccc43)cncc2-n2c3ccc(-n4c5ccccc5c5ccccc54)cc3c3cc(-n4c5ccccc5c5ccccc54)ccc32)cc1C#N. The maximum Gasteiger partial charge on any atom is 0.101 e. The van der Waals surface area contributed by atoms with E-state index in [9.17, 15) is 10.5 Å². The van der Waals surface area contributed by atoms with Crippen LogP contribution in [0.3, 0.4) is 0 Å². The van der Waals surface area contributed by atoms with E-state index in [4.69, 9.17) is 4.98 Å². The Morgan fingerprint density at radius 2 is 0.468 bits per heavy atom. The number of aromatic nitrogens is 7. The molecule has 0 bridgehead atoms. The summed E-state index contributed by atoms with van der Waals surface area (Å²) in [4.78, 5) is 5.32. The quantitative estimate of drug-likeness (QED) is 0.159. The van der Waals surface area contributed by atoms with Crippen molar-refractivity contribution in [2.75, 3.05) is 0 Å². The molecule has 20 aromatic rings. The molecule has 0 N–H and O–H groups in total. The Bertz CT molecular complexity index is 5860. The molecule has 0 aliphatic heterocycles. The minimum atomic E-state index is 0.288. The van der Waals surface area contributed by atoms with Crippen LogP contribution < -0.4 is 0 Å². The zero-order valence-electron chi connectivity index (χ0n) is 50.3. The maximum absolute atomic E-state index is 10.9. The Labute approximate surface area is 536 Å². The van der Waals surface area contributed by atoms with Crippen molar-refractivity contribution in [3.05, 3.63) is 309 Å². The van der Waals surface area contributed by atoms with Gasteiger partial charge >= 0.3 is 0 Å². The van der Waals surface area contributed by atoms with Gasteiger partial charge in [0, 0.05) is 92.9 Å². The average Bonchev–Trinajstić information content (AvgIpc) is 1.55. The van der Waals surface area contributed by atoms with E-state index in [1.165, 1.54) is 43.1 Å². The number of rotatable bonds is 7. The molecule has 0 fully saturated rings. The first kappa shape index (κ1) is 51.7. The first-order valence-corrected chi connectivity index (χ1v) is 31.6. The zero-order valence-corrected chi connectivity index (χ0v) is 50.3. The lowest BCUT2D eigenvalue weighted by atomic mass is 9.98. The van der Waals surface area contributed by atoms with Crippen molar-refractivity contribution in [3.8, 4) is 57.4 Å². The first-order valence-electron chi connectivity index (χ1n) is 31.6. The van der Waals surface area contributed by atoms with Gasteiger partial charge in [0.05, 0.1) is 101 Å². The number of nitriles is 2. The third kappa shape index (κ3) is 7.17. The molecule has 0 spiro atoms. The van der Waals surface area contributed by atoms with Gasteiger partial charge in [0.25, 0.3) is 0 Å². The molecule has 13 aromatic carbocycles. The predicted molar refractivity (Wildman–Crippen MR) is 385 cm³/mol. The lowest BCUT2D eigenvalue weighted by molar-refractivity contribution is 1.09. The standard InChI is InChI=1S/C85H49N9/c86-48-53-34-33-52(43-54(53)49-87)85-83(93-79-39-35-55(89-71-25-9-1-17-59(71)60-18-2-10-26-72(60)89)44-67(79)68-45-56(36-40-80(68)93)90-73-27-11-3-19-61(73)62-20-4-12-28-74(62)90)50-88-51-84(85)94-81-41-37-57(91-75-29-13-5-21-63(75)64-22-6-14-30-76(64)91)46-69(81)70-47-58(38-42-82(70)94)92-77-31-15-7-23-65(77)66-24-8-16-32-78(66)92/h1-47,50-51H. The van der Waals surface area contributed by atoms with E-state index >= 15 is 0 Å². The van der Waals surface area contributed by atoms with Gasteiger partial charge in [0.2, 0.25) is 0 Å². The van der Waals surface area contributed by atoms with Crippen LogP contribution in [-0.2, 0) is 0 Å². The van der Waals surface area contributed by atoms with E-state index in [2.05, 4.69) is 306 Å². The summed E-state index contributed by atoms with van der Waals surface area (Å²) in [6.07, 6.45) is 3.94. The van der Waals surface area contributed by atoms with Gasteiger partial charge in [-0.1, -0.05) is 152 Å². The number of fused-ring (bicyclic) bond motifs is 18. The van der Waals surface area contributed by atoms with Gasteiger partial charge in [-0.25, -0.2) is 0 Å². The number of benzene rings is 13. The zero-order chi connectivity index (χ0) is 61.9. The summed E-state index contributed by atoms with van der Waals surface area (Å²) in [6.45, 7) is 0. The van der Waals surface area contributed by atoms with Crippen molar-refractivity contribution in [1.82, 2.24) is 32.4 Å². The molecule has 7 aromatic heterocycles. The highest BCUT2D eigenvalue weighted by Gasteiger charge is 2.27. The van der Waals surface area contributed by atoms with E-state index in [0.717, 1.165) is 133 Å². The Hall–Kier alpha value is -13.2. The van der Waals surface area contributed by atoms with Gasteiger partial charge < -0.3 is 27.4 Å². The molecule has 7 heterocycles. The van der Waals surface area contributed by atoms with Crippen LogP contribution in [-0.4, -0.2) is 32.4 Å². The highest BCUT2D eigenvalue weighted by atomic mass is 15.1. The molecule has 0 radical (unpaired) electrons. The number of hydrogen-bond acceptors (Lipinski definition) is 3. The summed E-state index contributed by atoms with van der Waals surface area (Å²) in [5.74, 6) is 0. The van der Waals surface area contributed by atoms with Crippen LogP contribution in [0.5, 0.6) is 0 Å². The maximum atomic E-state index is 10.9. The molecule has 0 saturated heterocycles. The van der Waals surface area contributed by atoms with E-state index in [1.807, 2.05) is 24.5 Å². The van der Waals surface area contributed by atoms with Gasteiger partial charge in [-0.15, -0.1) is 0 Å². The normalized spacial score (nSPS) is 12.0. The van der Waals surface area contributed by atoms with Gasteiger partial charge in [0.1, 0.15) is 12.1 Å². The molecule has 20 rings (SSSR count). The smallest absolute Gasteiger partial charge is 0.101 e. The summed E-state index contributed by atoms with van der Waals surface area (Å²) >= 11 is 0. The molecule has 9 heteroatoms. The molecule has 0 saturated carbocycles. The molecule has 94 heavy (non-hydrogen) atoms. The van der Waals surface area contributed by atoms with E-state index in [1.54, 1.807) is 6.07 Å². The number of nitrogens with zero attached hydrogens (tertiary/aromatic N) is 9. The van der Waals surface area contributed by atoms with E-state index < -0.39 is 0 Å². The minimum Gasteiger partial charge on any atom is -0.309 e. The second-order valence-corrected chi connectivity index (χ2v) is 24.5. The fourth-order valence-corrected chi connectivity index (χ4v) is 15.8. The Morgan fingerprint density at radius 1 is 0.223 bits per heavy atom. The fourth-order valence-electron chi connectivity index (χ4n) is 15.8. The predicted octanol–water partition coefficient (Wildman–Crippen LogP) is 21.1. The molecular weight excluding hydrogens is 1150 g/mol. The van der Waals surface area contributed by atoms with Crippen molar-refractivity contribution in [1.29, 1.82) is 10.5 Å². The Balaban J connectivity index is 0.896. The number of pyridine rings is 1. The summed E-state index contributed by atoms with van der Waals surface area (Å²) in [5, 5.41) is 35.2. The van der Waals surface area contributed by atoms with Gasteiger partial charge in [-0.2, -0.15) is 10.5 Å². The lowest BCUT2D eigenvalue weighted by Crippen LogP contribution is -2.05. The minimum absolute atomic E-state index is 0.288. The van der Waals surface area contributed by atoms with Crippen molar-refractivity contribution in [2.24, 2.45) is 0 Å². The molecule has 0 aliphatic rings. The monoisotopic (exact) mass is 1200 g/mol. The van der Waals surface area contributed by atoms with E-state index in [-0.39, 0.29) is 5.56 Å². The molecule has 0 atom stereocenters. The third-order valence-electron chi connectivity index (χ3n) is 19.8. The largest absolute Gasteiger partial charge is 0.309 e. The number of para-hydroxylation sites is 8. The summed E-state index contributed by atoms with van der Waals surface area (Å²) in [6, 6.07) is 107.